The molecule has 0 saturated heterocycles. The zero-order valence-corrected chi connectivity index (χ0v) is 14.3. The third-order valence-corrected chi connectivity index (χ3v) is 4.30. The molecule has 5 nitrogen and oxygen atoms in total. The summed E-state index contributed by atoms with van der Waals surface area (Å²) in [7, 11) is 0. The molecular formula is C16H22N4OS. The van der Waals surface area contributed by atoms with Gasteiger partial charge in [0, 0.05) is 18.2 Å². The fourth-order valence-electron chi connectivity index (χ4n) is 2.16. The Balaban J connectivity index is 1.98. The van der Waals surface area contributed by atoms with Gasteiger partial charge in [0.25, 0.3) is 0 Å². The Morgan fingerprint density at radius 2 is 2.05 bits per heavy atom. The molecule has 0 aliphatic heterocycles. The molecule has 0 fully saturated rings. The average Bonchev–Trinajstić information content (AvgIpc) is 2.90. The molecule has 0 atom stereocenters. The van der Waals surface area contributed by atoms with Crippen LogP contribution in [0.3, 0.4) is 0 Å². The summed E-state index contributed by atoms with van der Waals surface area (Å²) in [5, 5.41) is 12.2. The highest BCUT2D eigenvalue weighted by molar-refractivity contribution is 7.99. The lowest BCUT2D eigenvalue weighted by Gasteiger charge is -2.10. The van der Waals surface area contributed by atoms with Gasteiger partial charge in [-0.05, 0) is 25.5 Å². The lowest BCUT2D eigenvalue weighted by atomic mass is 10.2. The predicted molar refractivity (Wildman–Crippen MR) is 90.3 cm³/mol. The van der Waals surface area contributed by atoms with E-state index in [1.54, 1.807) is 0 Å². The summed E-state index contributed by atoms with van der Waals surface area (Å²) in [6.45, 7) is 9.03. The summed E-state index contributed by atoms with van der Waals surface area (Å²) in [4.78, 5) is 12.1. The van der Waals surface area contributed by atoms with Gasteiger partial charge in [0.2, 0.25) is 5.91 Å². The molecule has 0 aliphatic carbocycles. The number of carbonyl (C=O) groups is 1. The Labute approximate surface area is 135 Å². The standard InChI is InChI=1S/C16H22N4OS/c1-5-20-15(11(2)3)18-19-16(20)22-10-14(21)17-13-9-7-6-8-12(13)4/h6-9,11H,5,10H2,1-4H3,(H,17,21). The summed E-state index contributed by atoms with van der Waals surface area (Å²) < 4.78 is 2.07. The third-order valence-electron chi connectivity index (χ3n) is 3.33. The van der Waals surface area contributed by atoms with Crippen molar-refractivity contribution in [2.24, 2.45) is 0 Å². The minimum Gasteiger partial charge on any atom is -0.325 e. The van der Waals surface area contributed by atoms with Gasteiger partial charge < -0.3 is 9.88 Å². The molecule has 1 amide bonds. The van der Waals surface area contributed by atoms with Gasteiger partial charge in [-0.3, -0.25) is 4.79 Å². The number of aromatic nitrogens is 3. The molecule has 1 N–H and O–H groups in total. The Hall–Kier alpha value is -1.82. The maximum atomic E-state index is 12.1. The highest BCUT2D eigenvalue weighted by atomic mass is 32.2. The lowest BCUT2D eigenvalue weighted by Crippen LogP contribution is -2.15. The smallest absolute Gasteiger partial charge is 0.234 e. The lowest BCUT2D eigenvalue weighted by molar-refractivity contribution is -0.113. The molecule has 0 spiro atoms. The van der Waals surface area contributed by atoms with Crippen LogP contribution in [0.15, 0.2) is 29.4 Å². The molecule has 1 aromatic carbocycles. The van der Waals surface area contributed by atoms with E-state index in [0.29, 0.717) is 11.7 Å². The second kappa shape index (κ2) is 7.45. The summed E-state index contributed by atoms with van der Waals surface area (Å²) in [5.74, 6) is 1.58. The number of nitrogens with zero attached hydrogens (tertiary/aromatic N) is 3. The molecule has 0 radical (unpaired) electrons. The maximum Gasteiger partial charge on any atom is 0.234 e. The first-order valence-corrected chi connectivity index (χ1v) is 8.42. The number of hydrogen-bond donors (Lipinski definition) is 1. The molecule has 1 aromatic heterocycles. The molecule has 22 heavy (non-hydrogen) atoms. The number of aryl methyl sites for hydroxylation is 1. The van der Waals surface area contributed by atoms with Crippen LogP contribution in [0.1, 0.15) is 38.1 Å². The van der Waals surface area contributed by atoms with Crippen LogP contribution in [0.4, 0.5) is 5.69 Å². The summed E-state index contributed by atoms with van der Waals surface area (Å²) in [6.07, 6.45) is 0. The Morgan fingerprint density at radius 1 is 1.32 bits per heavy atom. The molecule has 0 unspecified atom stereocenters. The number of amides is 1. The highest BCUT2D eigenvalue weighted by Gasteiger charge is 2.15. The molecule has 2 rings (SSSR count). The zero-order valence-electron chi connectivity index (χ0n) is 13.5. The van der Waals surface area contributed by atoms with Gasteiger partial charge in [0.1, 0.15) is 5.82 Å². The van der Waals surface area contributed by atoms with E-state index in [-0.39, 0.29) is 5.91 Å². The number of hydrogen-bond acceptors (Lipinski definition) is 4. The van der Waals surface area contributed by atoms with Crippen LogP contribution in [0.25, 0.3) is 0 Å². The number of carbonyl (C=O) groups excluding carboxylic acids is 1. The average molecular weight is 318 g/mol. The number of para-hydroxylation sites is 1. The molecule has 0 aliphatic rings. The molecule has 0 bridgehead atoms. The monoisotopic (exact) mass is 318 g/mol. The van der Waals surface area contributed by atoms with E-state index in [2.05, 4.69) is 40.9 Å². The first-order valence-electron chi connectivity index (χ1n) is 7.44. The van der Waals surface area contributed by atoms with Crippen LogP contribution in [-0.2, 0) is 11.3 Å². The van der Waals surface area contributed by atoms with Crippen LogP contribution in [0.5, 0.6) is 0 Å². The predicted octanol–water partition coefficient (Wildman–Crippen LogP) is 3.46. The van der Waals surface area contributed by atoms with E-state index >= 15 is 0 Å². The van der Waals surface area contributed by atoms with E-state index in [4.69, 9.17) is 0 Å². The van der Waals surface area contributed by atoms with E-state index in [0.717, 1.165) is 28.8 Å². The molecule has 118 valence electrons. The van der Waals surface area contributed by atoms with Crippen molar-refractivity contribution in [3.63, 3.8) is 0 Å². The summed E-state index contributed by atoms with van der Waals surface area (Å²) >= 11 is 1.42. The van der Waals surface area contributed by atoms with Crippen LogP contribution < -0.4 is 5.32 Å². The number of rotatable bonds is 6. The van der Waals surface area contributed by atoms with Crippen LogP contribution in [0, 0.1) is 6.92 Å². The van der Waals surface area contributed by atoms with Crippen LogP contribution in [-0.4, -0.2) is 26.4 Å². The topological polar surface area (TPSA) is 59.8 Å². The Bertz CT molecular complexity index is 651. The van der Waals surface area contributed by atoms with Gasteiger partial charge in [-0.1, -0.05) is 43.8 Å². The maximum absolute atomic E-state index is 12.1. The third kappa shape index (κ3) is 3.88. The second-order valence-corrected chi connectivity index (χ2v) is 6.33. The number of anilines is 1. The van der Waals surface area contributed by atoms with Crippen molar-refractivity contribution in [2.45, 2.75) is 45.3 Å². The van der Waals surface area contributed by atoms with Crippen molar-refractivity contribution in [1.29, 1.82) is 0 Å². The quantitative estimate of drug-likeness (QED) is 0.829. The summed E-state index contributed by atoms with van der Waals surface area (Å²) in [5.41, 5.74) is 1.91. The molecule has 0 saturated carbocycles. The zero-order chi connectivity index (χ0) is 16.1. The SMILES string of the molecule is CCn1c(SCC(=O)Nc2ccccc2C)nnc1C(C)C. The van der Waals surface area contributed by atoms with Crippen LogP contribution in [0.2, 0.25) is 0 Å². The largest absolute Gasteiger partial charge is 0.325 e. The minimum atomic E-state index is -0.0314. The van der Waals surface area contributed by atoms with Gasteiger partial charge in [0.15, 0.2) is 5.16 Å². The fraction of sp³-hybridized carbons (Fsp3) is 0.438. The number of benzene rings is 1. The van der Waals surface area contributed by atoms with E-state index < -0.39 is 0 Å². The van der Waals surface area contributed by atoms with Gasteiger partial charge >= 0.3 is 0 Å². The minimum absolute atomic E-state index is 0.0314. The number of thioether (sulfide) groups is 1. The van der Waals surface area contributed by atoms with Crippen molar-refractivity contribution in [3.05, 3.63) is 35.7 Å². The van der Waals surface area contributed by atoms with E-state index in [1.165, 1.54) is 11.8 Å². The van der Waals surface area contributed by atoms with Gasteiger partial charge in [0.05, 0.1) is 5.75 Å². The molecule has 6 heteroatoms. The van der Waals surface area contributed by atoms with Gasteiger partial charge in [-0.15, -0.1) is 10.2 Å². The fourth-order valence-corrected chi connectivity index (χ4v) is 2.97. The molecular weight excluding hydrogens is 296 g/mol. The van der Waals surface area contributed by atoms with Crippen molar-refractivity contribution >= 4 is 23.4 Å². The molecule has 1 heterocycles. The van der Waals surface area contributed by atoms with Crippen LogP contribution >= 0.6 is 11.8 Å². The van der Waals surface area contributed by atoms with Gasteiger partial charge in [-0.2, -0.15) is 0 Å². The first-order chi connectivity index (χ1) is 10.5. The first kappa shape index (κ1) is 16.5. The molecule has 2 aromatic rings. The number of nitrogens with one attached hydrogen (secondary N) is 1. The van der Waals surface area contributed by atoms with E-state index in [1.807, 2.05) is 31.2 Å². The van der Waals surface area contributed by atoms with E-state index in [9.17, 15) is 4.79 Å². The van der Waals surface area contributed by atoms with Crippen molar-refractivity contribution in [2.75, 3.05) is 11.1 Å². The normalized spacial score (nSPS) is 11.0. The van der Waals surface area contributed by atoms with Crippen molar-refractivity contribution < 1.29 is 4.79 Å². The van der Waals surface area contributed by atoms with Gasteiger partial charge in [-0.25, -0.2) is 0 Å². The van der Waals surface area contributed by atoms with Crippen molar-refractivity contribution in [1.82, 2.24) is 14.8 Å². The van der Waals surface area contributed by atoms with Crippen molar-refractivity contribution in [3.8, 4) is 0 Å². The summed E-state index contributed by atoms with van der Waals surface area (Å²) in [6, 6.07) is 7.75. The highest BCUT2D eigenvalue weighted by Crippen LogP contribution is 2.21. The second-order valence-electron chi connectivity index (χ2n) is 5.39. The Kier molecular flexibility index (Phi) is 5.60. The Morgan fingerprint density at radius 3 is 2.68 bits per heavy atom.